The lowest BCUT2D eigenvalue weighted by Gasteiger charge is -2.20. The van der Waals surface area contributed by atoms with Gasteiger partial charge in [-0.2, -0.15) is 31.3 Å². The number of ether oxygens (including phenoxy) is 2. The Labute approximate surface area is 163 Å². The summed E-state index contributed by atoms with van der Waals surface area (Å²) < 4.78 is 86.2. The van der Waals surface area contributed by atoms with Crippen LogP contribution in [0.15, 0.2) is 30.5 Å². The number of alkyl halides is 6. The number of hydrogen-bond donors (Lipinski definition) is 0. The Kier molecular flexibility index (Phi) is 7.15. The van der Waals surface area contributed by atoms with E-state index in [4.69, 9.17) is 4.74 Å². The number of rotatable bonds is 8. The van der Waals surface area contributed by atoms with Crippen LogP contribution in [0.1, 0.15) is 25.3 Å². The number of halogens is 6. The zero-order valence-corrected chi connectivity index (χ0v) is 15.6. The van der Waals surface area contributed by atoms with Gasteiger partial charge in [-0.25, -0.2) is 4.98 Å². The first kappa shape index (κ1) is 22.6. The van der Waals surface area contributed by atoms with Crippen LogP contribution < -0.4 is 14.4 Å². The van der Waals surface area contributed by atoms with Crippen molar-refractivity contribution in [2.24, 2.45) is 0 Å². The van der Waals surface area contributed by atoms with Gasteiger partial charge in [0.05, 0.1) is 6.61 Å². The first-order chi connectivity index (χ1) is 13.5. The number of anilines is 2. The second kappa shape index (κ2) is 9.19. The van der Waals surface area contributed by atoms with Crippen LogP contribution in [-0.2, 0) is 6.18 Å². The molecule has 29 heavy (non-hydrogen) atoms. The van der Waals surface area contributed by atoms with Crippen molar-refractivity contribution in [1.82, 2.24) is 9.97 Å². The van der Waals surface area contributed by atoms with Crippen molar-refractivity contribution in [3.8, 4) is 11.6 Å². The molecule has 0 bridgehead atoms. The van der Waals surface area contributed by atoms with E-state index in [1.54, 1.807) is 24.3 Å². The van der Waals surface area contributed by atoms with Crippen molar-refractivity contribution in [3.05, 3.63) is 36.0 Å². The summed E-state index contributed by atoms with van der Waals surface area (Å²) in [5, 5.41) is 0. The van der Waals surface area contributed by atoms with Gasteiger partial charge in [0.2, 0.25) is 11.8 Å². The second-order valence-electron chi connectivity index (χ2n) is 6.05. The number of benzene rings is 1. The highest BCUT2D eigenvalue weighted by Gasteiger charge is 2.38. The SMILES string of the molecule is CCCCOc1cccc(N(C)c2ncc(C(F)(F)F)c(OCC(F)(F)F)n2)c1. The highest BCUT2D eigenvalue weighted by molar-refractivity contribution is 5.59. The summed E-state index contributed by atoms with van der Waals surface area (Å²) in [7, 11) is 1.46. The molecule has 1 aromatic heterocycles. The van der Waals surface area contributed by atoms with Gasteiger partial charge in [0, 0.05) is 25.0 Å². The monoisotopic (exact) mass is 423 g/mol. The van der Waals surface area contributed by atoms with Crippen molar-refractivity contribution >= 4 is 11.6 Å². The fourth-order valence-corrected chi connectivity index (χ4v) is 2.21. The smallest absolute Gasteiger partial charge is 0.423 e. The van der Waals surface area contributed by atoms with Gasteiger partial charge in [0.25, 0.3) is 0 Å². The van der Waals surface area contributed by atoms with Gasteiger partial charge in [-0.05, 0) is 18.6 Å². The van der Waals surface area contributed by atoms with Gasteiger partial charge in [0.1, 0.15) is 11.3 Å². The molecule has 0 saturated heterocycles. The predicted octanol–water partition coefficient (Wildman–Crippen LogP) is 5.38. The third-order valence-corrected chi connectivity index (χ3v) is 3.69. The van der Waals surface area contributed by atoms with Gasteiger partial charge in [-0.15, -0.1) is 0 Å². The maximum atomic E-state index is 13.1. The van der Waals surface area contributed by atoms with E-state index < -0.39 is 30.4 Å². The third kappa shape index (κ3) is 6.68. The van der Waals surface area contributed by atoms with Gasteiger partial charge < -0.3 is 14.4 Å². The molecule has 0 unspecified atom stereocenters. The maximum absolute atomic E-state index is 13.1. The van der Waals surface area contributed by atoms with Crippen LogP contribution in [-0.4, -0.2) is 36.4 Å². The van der Waals surface area contributed by atoms with E-state index in [1.807, 2.05) is 6.92 Å². The summed E-state index contributed by atoms with van der Waals surface area (Å²) in [6.07, 6.45) is -7.59. The molecule has 5 nitrogen and oxygen atoms in total. The molecule has 1 heterocycles. The molecule has 0 N–H and O–H groups in total. The molecule has 1 aromatic carbocycles. The van der Waals surface area contributed by atoms with Gasteiger partial charge >= 0.3 is 12.4 Å². The normalized spacial score (nSPS) is 12.0. The van der Waals surface area contributed by atoms with E-state index in [2.05, 4.69) is 14.7 Å². The molecule has 11 heteroatoms. The average molecular weight is 423 g/mol. The molecule has 0 saturated carbocycles. The Hall–Kier alpha value is -2.72. The van der Waals surface area contributed by atoms with Crippen molar-refractivity contribution in [3.63, 3.8) is 0 Å². The Morgan fingerprint density at radius 3 is 2.41 bits per heavy atom. The first-order valence-electron chi connectivity index (χ1n) is 8.61. The Morgan fingerprint density at radius 2 is 1.79 bits per heavy atom. The van der Waals surface area contributed by atoms with E-state index in [9.17, 15) is 26.3 Å². The van der Waals surface area contributed by atoms with E-state index >= 15 is 0 Å². The number of aromatic nitrogens is 2. The van der Waals surface area contributed by atoms with Gasteiger partial charge in [-0.3, -0.25) is 0 Å². The van der Waals surface area contributed by atoms with E-state index in [1.165, 1.54) is 11.9 Å². The fourth-order valence-electron chi connectivity index (χ4n) is 2.21. The van der Waals surface area contributed by atoms with Crippen LogP contribution in [0.2, 0.25) is 0 Å². The predicted molar refractivity (Wildman–Crippen MR) is 93.5 cm³/mol. The zero-order chi connectivity index (χ0) is 21.7. The van der Waals surface area contributed by atoms with Crippen LogP contribution in [0.4, 0.5) is 38.0 Å². The summed E-state index contributed by atoms with van der Waals surface area (Å²) in [4.78, 5) is 8.49. The average Bonchev–Trinajstić information content (AvgIpc) is 2.64. The van der Waals surface area contributed by atoms with Gasteiger partial charge in [-0.1, -0.05) is 19.4 Å². The molecule has 0 atom stereocenters. The maximum Gasteiger partial charge on any atom is 0.423 e. The molecule has 0 radical (unpaired) electrons. The minimum absolute atomic E-state index is 0.263. The number of nitrogens with zero attached hydrogens (tertiary/aromatic N) is 3. The zero-order valence-electron chi connectivity index (χ0n) is 15.6. The van der Waals surface area contributed by atoms with Crippen LogP contribution in [0, 0.1) is 0 Å². The molecule has 0 spiro atoms. The summed E-state index contributed by atoms with van der Waals surface area (Å²) >= 11 is 0. The van der Waals surface area contributed by atoms with Crippen LogP contribution in [0.25, 0.3) is 0 Å². The molecule has 2 rings (SSSR count). The van der Waals surface area contributed by atoms with Crippen molar-refractivity contribution in [2.45, 2.75) is 32.1 Å². The Bertz CT molecular complexity index is 811. The van der Waals surface area contributed by atoms with E-state index in [0.29, 0.717) is 24.2 Å². The van der Waals surface area contributed by atoms with Crippen LogP contribution in [0.3, 0.4) is 0 Å². The molecule has 0 aliphatic rings. The van der Waals surface area contributed by atoms with Crippen molar-refractivity contribution < 1.29 is 35.8 Å². The van der Waals surface area contributed by atoms with Gasteiger partial charge in [0.15, 0.2) is 6.61 Å². The standard InChI is InChI=1S/C18H19F6N3O2/c1-3-4-8-28-13-7-5-6-12(9-13)27(2)16-25-10-14(18(22,23)24)15(26-16)29-11-17(19,20)21/h5-7,9-10H,3-4,8,11H2,1-2H3. The summed E-state index contributed by atoms with van der Waals surface area (Å²) in [6, 6.07) is 6.62. The first-order valence-corrected chi connectivity index (χ1v) is 8.61. The third-order valence-electron chi connectivity index (χ3n) is 3.69. The molecule has 0 aliphatic heterocycles. The number of unbranched alkanes of at least 4 members (excludes halogenated alkanes) is 1. The second-order valence-corrected chi connectivity index (χ2v) is 6.05. The van der Waals surface area contributed by atoms with E-state index in [0.717, 1.165) is 12.8 Å². The van der Waals surface area contributed by atoms with Crippen molar-refractivity contribution in [1.29, 1.82) is 0 Å². The van der Waals surface area contributed by atoms with E-state index in [-0.39, 0.29) is 5.95 Å². The lowest BCUT2D eigenvalue weighted by Crippen LogP contribution is -2.23. The summed E-state index contributed by atoms with van der Waals surface area (Å²) in [5.74, 6) is -0.925. The topological polar surface area (TPSA) is 47.5 Å². The van der Waals surface area contributed by atoms with Crippen LogP contribution in [0.5, 0.6) is 11.6 Å². The minimum atomic E-state index is -4.97. The largest absolute Gasteiger partial charge is 0.494 e. The molecule has 0 amide bonds. The quantitative estimate of drug-likeness (QED) is 0.421. The lowest BCUT2D eigenvalue weighted by atomic mass is 10.2. The summed E-state index contributed by atoms with van der Waals surface area (Å²) in [5.41, 5.74) is -1.02. The molecule has 0 aliphatic carbocycles. The lowest BCUT2D eigenvalue weighted by molar-refractivity contribution is -0.159. The molecular weight excluding hydrogens is 404 g/mol. The Balaban J connectivity index is 2.30. The molecule has 0 fully saturated rings. The van der Waals surface area contributed by atoms with Crippen LogP contribution >= 0.6 is 0 Å². The highest BCUT2D eigenvalue weighted by atomic mass is 19.4. The highest BCUT2D eigenvalue weighted by Crippen LogP contribution is 2.36. The fraction of sp³-hybridized carbons (Fsp3) is 0.444. The Morgan fingerprint density at radius 1 is 1.07 bits per heavy atom. The summed E-state index contributed by atoms with van der Waals surface area (Å²) in [6.45, 7) is 0.598. The molecule has 160 valence electrons. The minimum Gasteiger partial charge on any atom is -0.494 e. The number of hydrogen-bond acceptors (Lipinski definition) is 5. The van der Waals surface area contributed by atoms with Crippen molar-refractivity contribution in [2.75, 3.05) is 25.2 Å². The molecular formula is C18H19F6N3O2. The molecule has 2 aromatic rings.